The highest BCUT2D eigenvalue weighted by atomic mass is 19.4. The zero-order chi connectivity index (χ0) is 30.0. The first-order valence-corrected chi connectivity index (χ1v) is 11.7. The van der Waals surface area contributed by atoms with Crippen LogP contribution in [-0.4, -0.2) is 70.9 Å². The van der Waals surface area contributed by atoms with E-state index in [9.17, 15) is 31.1 Å². The summed E-state index contributed by atoms with van der Waals surface area (Å²) in [4.78, 5) is 10.9. The molecular weight excluding hydrogens is 637 g/mol. The van der Waals surface area contributed by atoms with E-state index < -0.39 is 18.8 Å². The van der Waals surface area contributed by atoms with Gasteiger partial charge in [0.2, 0.25) is 0 Å². The van der Waals surface area contributed by atoms with Gasteiger partial charge < -0.3 is 19.3 Å². The summed E-state index contributed by atoms with van der Waals surface area (Å²) in [5.41, 5.74) is 0.395. The Labute approximate surface area is 304 Å². The standard InChI is InChI=1S/C10H18O3.C6H14O2.C3H7F.C2H6B.C2H2F4.CH3F.12CH4/c1-5-6-9(4)12-7-13-10(11)8(2)3;1-3-4-6(2)8-5-7;1-2-3-4;1-3-2;3-1-2(4,5)6;1-2;;;;;;;;;;;;/h9H,2,5-7H2,1,3-4H3;6-7H,3-5H2,1-2H3;2-3H2,1H3;1-2H3;1H2;1H3;12*1H4. The van der Waals surface area contributed by atoms with Gasteiger partial charge in [-0.25, -0.2) is 9.18 Å². The van der Waals surface area contributed by atoms with Crippen LogP contribution in [-0.2, 0) is 19.0 Å². The maximum absolute atomic E-state index is 10.9. The van der Waals surface area contributed by atoms with E-state index in [0.717, 1.165) is 25.7 Å². The number of carbonyl (C=O) groups excluding carboxylic acids is 1. The Morgan fingerprint density at radius 1 is 0.729 bits per heavy atom. The van der Waals surface area contributed by atoms with Crippen LogP contribution in [0.1, 0.15) is 163 Å². The maximum atomic E-state index is 10.9. The van der Waals surface area contributed by atoms with E-state index in [4.69, 9.17) is 19.3 Å². The largest absolute Gasteiger partial charge is 0.435 e. The highest BCUT2D eigenvalue weighted by molar-refractivity contribution is 6.31. The van der Waals surface area contributed by atoms with Gasteiger partial charge >= 0.3 is 12.1 Å². The molecule has 0 spiro atoms. The normalized spacial score (nSPS) is 8.17. The van der Waals surface area contributed by atoms with Crippen LogP contribution in [0.2, 0.25) is 13.6 Å². The van der Waals surface area contributed by atoms with Crippen molar-refractivity contribution < 1.29 is 50.5 Å². The van der Waals surface area contributed by atoms with Gasteiger partial charge in [0.25, 0.3) is 0 Å². The summed E-state index contributed by atoms with van der Waals surface area (Å²) >= 11 is 0. The average Bonchev–Trinajstić information content (AvgIpc) is 2.82. The van der Waals surface area contributed by atoms with Gasteiger partial charge in [-0.05, 0) is 40.0 Å². The first-order valence-electron chi connectivity index (χ1n) is 11.7. The average molecular weight is 736 g/mol. The van der Waals surface area contributed by atoms with Crippen LogP contribution < -0.4 is 0 Å². The minimum Gasteiger partial charge on any atom is -0.435 e. The van der Waals surface area contributed by atoms with Crippen LogP contribution in [0.4, 0.5) is 26.3 Å². The molecule has 0 aliphatic heterocycles. The molecule has 0 saturated heterocycles. The minimum absolute atomic E-state index is 0. The fraction of sp³-hybridized carbons (Fsp3) is 0.917. The quantitative estimate of drug-likeness (QED) is 0.0752. The molecule has 0 aromatic carbocycles. The smallest absolute Gasteiger partial charge is 0.416 e. The molecule has 2 unspecified atom stereocenters. The summed E-state index contributed by atoms with van der Waals surface area (Å²) in [5.74, 6) is -0.399. The fourth-order valence-corrected chi connectivity index (χ4v) is 1.43. The predicted molar refractivity (Wildman–Crippen MR) is 217 cm³/mol. The third-order valence-corrected chi connectivity index (χ3v) is 2.98. The van der Waals surface area contributed by atoms with Gasteiger partial charge in [-0.1, -0.05) is 143 Å². The lowest BCUT2D eigenvalue weighted by Crippen LogP contribution is -2.14. The lowest BCUT2D eigenvalue weighted by atomic mass is 9.88. The lowest BCUT2D eigenvalue weighted by Gasteiger charge is -2.11. The van der Waals surface area contributed by atoms with E-state index in [1.165, 1.54) is 0 Å². The summed E-state index contributed by atoms with van der Waals surface area (Å²) in [6.07, 6.45) is 0.565. The molecule has 0 amide bonds. The Morgan fingerprint density at radius 3 is 1.15 bits per heavy atom. The second kappa shape index (κ2) is 104. The topological polar surface area (TPSA) is 65.0 Å². The van der Waals surface area contributed by atoms with E-state index in [1.54, 1.807) is 13.8 Å². The van der Waals surface area contributed by atoms with Crippen molar-refractivity contribution >= 4 is 13.2 Å². The molecule has 12 heteroatoms. The molecule has 0 heterocycles. The van der Waals surface area contributed by atoms with Crippen LogP contribution in [0.3, 0.4) is 0 Å². The number of esters is 1. The van der Waals surface area contributed by atoms with Crippen molar-refractivity contribution in [1.29, 1.82) is 0 Å². The monoisotopic (exact) mass is 736 g/mol. The molecule has 1 N–H and O–H groups in total. The van der Waals surface area contributed by atoms with Gasteiger partial charge in [0.15, 0.2) is 13.5 Å². The van der Waals surface area contributed by atoms with E-state index in [2.05, 4.69) is 20.4 Å². The molecular formula is C36H98BF6O5. The summed E-state index contributed by atoms with van der Waals surface area (Å²) in [5, 5.41) is 8.24. The van der Waals surface area contributed by atoms with Gasteiger partial charge in [0.1, 0.15) is 14.1 Å². The SMILES string of the molecule is C.C.C.C.C.C.C.C.C.C.C.C.C=C(C)C(=O)OCOC(C)CCC.CCCC(C)OCO.CCCF.CF.C[B]C.FCC(F)(F)F. The highest BCUT2D eigenvalue weighted by Gasteiger charge is 2.26. The van der Waals surface area contributed by atoms with Crippen molar-refractivity contribution in [3.8, 4) is 0 Å². The molecule has 48 heavy (non-hydrogen) atoms. The maximum Gasteiger partial charge on any atom is 0.416 e. The second-order valence-electron chi connectivity index (χ2n) is 7.01. The van der Waals surface area contributed by atoms with Crippen molar-refractivity contribution in [1.82, 2.24) is 0 Å². The number of hydrogen-bond acceptors (Lipinski definition) is 5. The molecule has 0 saturated carbocycles. The van der Waals surface area contributed by atoms with E-state index >= 15 is 0 Å². The fourth-order valence-electron chi connectivity index (χ4n) is 1.43. The Balaban J connectivity index is -0.0000000145. The number of carbonyl (C=O) groups is 1. The van der Waals surface area contributed by atoms with Crippen molar-refractivity contribution in [3.05, 3.63) is 12.2 Å². The number of rotatable bonds is 11. The Bertz CT molecular complexity index is 415. The van der Waals surface area contributed by atoms with E-state index in [1.807, 2.05) is 34.8 Å². The Hall–Kier alpha value is -1.27. The first-order chi connectivity index (χ1) is 16.8. The van der Waals surface area contributed by atoms with Gasteiger partial charge in [0, 0.05) is 5.57 Å². The van der Waals surface area contributed by atoms with Gasteiger partial charge in [-0.3, -0.25) is 8.78 Å². The molecule has 5 nitrogen and oxygen atoms in total. The highest BCUT2D eigenvalue weighted by Crippen LogP contribution is 2.13. The Kier molecular flexibility index (Phi) is 255. The third-order valence-electron chi connectivity index (χ3n) is 2.98. The molecule has 0 aromatic rings. The first kappa shape index (κ1) is 118. The number of aliphatic hydroxyl groups excluding tert-OH is 1. The number of ether oxygens (including phenoxy) is 3. The van der Waals surface area contributed by atoms with Crippen LogP contribution in [0.5, 0.6) is 0 Å². The van der Waals surface area contributed by atoms with Crippen molar-refractivity contribution in [2.24, 2.45) is 0 Å². The lowest BCUT2D eigenvalue weighted by molar-refractivity contribution is -0.155. The minimum atomic E-state index is -4.62. The molecule has 0 rings (SSSR count). The van der Waals surface area contributed by atoms with Crippen LogP contribution in [0, 0.1) is 0 Å². The van der Waals surface area contributed by atoms with Gasteiger partial charge in [-0.2, -0.15) is 13.2 Å². The Morgan fingerprint density at radius 2 is 0.979 bits per heavy atom. The van der Waals surface area contributed by atoms with Crippen molar-refractivity contribution in [2.45, 2.75) is 195 Å². The molecule has 1 radical (unpaired) electrons. The van der Waals surface area contributed by atoms with Gasteiger partial charge in [-0.15, -0.1) is 0 Å². The summed E-state index contributed by atoms with van der Waals surface area (Å²) in [7, 11) is 2.50. The third kappa shape index (κ3) is 181. The number of aliphatic hydroxyl groups is 1. The molecule has 2 atom stereocenters. The molecule has 317 valence electrons. The summed E-state index contributed by atoms with van der Waals surface area (Å²) < 4.78 is 76.6. The number of alkyl halides is 6. The van der Waals surface area contributed by atoms with Crippen LogP contribution in [0.15, 0.2) is 12.2 Å². The van der Waals surface area contributed by atoms with Crippen LogP contribution in [0.25, 0.3) is 0 Å². The number of halogens is 6. The van der Waals surface area contributed by atoms with Crippen molar-refractivity contribution in [3.63, 3.8) is 0 Å². The van der Waals surface area contributed by atoms with Crippen molar-refractivity contribution in [2.75, 3.05) is 34.1 Å². The second-order valence-corrected chi connectivity index (χ2v) is 7.01. The number of hydrogen-bond donors (Lipinski definition) is 1. The zero-order valence-corrected chi connectivity index (χ0v) is 23.7. The molecule has 0 bridgehead atoms. The van der Waals surface area contributed by atoms with Gasteiger partial charge in [0.05, 0.1) is 26.1 Å². The van der Waals surface area contributed by atoms with E-state index in [0.29, 0.717) is 19.2 Å². The molecule has 0 fully saturated rings. The predicted octanol–water partition coefficient (Wildman–Crippen LogP) is 15.3. The molecule has 0 aromatic heterocycles. The zero-order valence-electron chi connectivity index (χ0n) is 23.7. The molecule has 0 aliphatic carbocycles. The molecule has 0 aliphatic rings. The summed E-state index contributed by atoms with van der Waals surface area (Å²) in [6, 6.07) is 0. The van der Waals surface area contributed by atoms with E-state index in [-0.39, 0.29) is 122 Å². The summed E-state index contributed by atoms with van der Waals surface area (Å²) in [6.45, 7) is 16.4. The van der Waals surface area contributed by atoms with Crippen LogP contribution >= 0.6 is 0 Å².